The molecule has 0 radical (unpaired) electrons. The van der Waals surface area contributed by atoms with Gasteiger partial charge in [0.05, 0.1) is 9.79 Å². The quantitative estimate of drug-likeness (QED) is 0.745. The van der Waals surface area contributed by atoms with Crippen molar-refractivity contribution in [1.82, 2.24) is 9.03 Å². The number of likely N-dealkylation sites (N-methyl/N-ethyl adjacent to an activating group) is 1. The number of carboxylic acid groups (broad SMARTS) is 1. The maximum Gasteiger partial charge on any atom is 0.321 e. The first-order valence-electron chi connectivity index (χ1n) is 6.20. The van der Waals surface area contributed by atoms with Crippen molar-refractivity contribution >= 4 is 26.0 Å². The number of nitrogens with one attached hydrogen (secondary N) is 1. The monoisotopic (exact) mass is 350 g/mol. The molecular formula is C12H18N2O6S2. The third-order valence-electron chi connectivity index (χ3n) is 3.28. The van der Waals surface area contributed by atoms with Gasteiger partial charge in [-0.2, -0.15) is 4.31 Å². The smallest absolute Gasteiger partial charge is 0.321 e. The van der Waals surface area contributed by atoms with E-state index in [4.69, 9.17) is 5.11 Å². The molecule has 0 saturated carbocycles. The standard InChI is InChI=1S/C12H18N2O6S2/c1-8-7-10(5-6-11(8)21(17,18)13-3)22(19,20)14(4)9(2)12(15)16/h5-7,9,13H,1-4H3,(H,15,16). The molecule has 8 nitrogen and oxygen atoms in total. The molecule has 0 fully saturated rings. The summed E-state index contributed by atoms with van der Waals surface area (Å²) in [6.07, 6.45) is 0. The van der Waals surface area contributed by atoms with E-state index in [1.807, 2.05) is 0 Å². The van der Waals surface area contributed by atoms with Crippen molar-refractivity contribution in [2.24, 2.45) is 0 Å². The van der Waals surface area contributed by atoms with E-state index in [1.54, 1.807) is 0 Å². The molecule has 1 aromatic carbocycles. The Hall–Kier alpha value is -1.49. The predicted octanol–water partition coefficient (Wildman–Crippen LogP) is -0.00328. The molecule has 1 atom stereocenters. The van der Waals surface area contributed by atoms with Crippen LogP contribution in [0, 0.1) is 6.92 Å². The molecule has 0 amide bonds. The molecule has 0 aromatic heterocycles. The summed E-state index contributed by atoms with van der Waals surface area (Å²) in [5, 5.41) is 8.91. The van der Waals surface area contributed by atoms with Gasteiger partial charge in [-0.3, -0.25) is 4.79 Å². The van der Waals surface area contributed by atoms with E-state index in [2.05, 4.69) is 4.72 Å². The van der Waals surface area contributed by atoms with Crippen molar-refractivity contribution in [3.63, 3.8) is 0 Å². The Morgan fingerprint density at radius 3 is 2.23 bits per heavy atom. The second-order valence-corrected chi connectivity index (χ2v) is 8.52. The average Bonchev–Trinajstić information content (AvgIpc) is 2.44. The van der Waals surface area contributed by atoms with Gasteiger partial charge in [-0.25, -0.2) is 21.6 Å². The first kappa shape index (κ1) is 18.6. The molecule has 0 heterocycles. The molecule has 0 aliphatic rings. The molecule has 0 aliphatic heterocycles. The van der Waals surface area contributed by atoms with Gasteiger partial charge in [0.2, 0.25) is 20.0 Å². The van der Waals surface area contributed by atoms with Crippen LogP contribution >= 0.6 is 0 Å². The highest BCUT2D eigenvalue weighted by atomic mass is 32.2. The second kappa shape index (κ2) is 6.32. The largest absolute Gasteiger partial charge is 0.480 e. The summed E-state index contributed by atoms with van der Waals surface area (Å²) >= 11 is 0. The highest BCUT2D eigenvalue weighted by molar-refractivity contribution is 7.89. The zero-order valence-corrected chi connectivity index (χ0v) is 14.2. The summed E-state index contributed by atoms with van der Waals surface area (Å²) in [5.74, 6) is -1.28. The van der Waals surface area contributed by atoms with Gasteiger partial charge in [0.25, 0.3) is 0 Å². The van der Waals surface area contributed by atoms with E-state index in [0.717, 1.165) is 17.4 Å². The lowest BCUT2D eigenvalue weighted by Crippen LogP contribution is -2.40. The van der Waals surface area contributed by atoms with Crippen LogP contribution in [0.2, 0.25) is 0 Å². The number of benzene rings is 1. The van der Waals surface area contributed by atoms with E-state index >= 15 is 0 Å². The maximum absolute atomic E-state index is 12.4. The number of hydrogen-bond donors (Lipinski definition) is 2. The van der Waals surface area contributed by atoms with Crippen LogP contribution in [0.4, 0.5) is 0 Å². The molecular weight excluding hydrogens is 332 g/mol. The van der Waals surface area contributed by atoms with Gasteiger partial charge in [0.1, 0.15) is 6.04 Å². The number of carboxylic acids is 1. The van der Waals surface area contributed by atoms with Gasteiger partial charge in [-0.05, 0) is 44.7 Å². The molecule has 0 spiro atoms. The van der Waals surface area contributed by atoms with Crippen LogP contribution in [0.5, 0.6) is 0 Å². The Bertz CT molecular complexity index is 786. The van der Waals surface area contributed by atoms with Crippen molar-refractivity contribution < 1.29 is 26.7 Å². The number of aliphatic carboxylic acids is 1. The minimum Gasteiger partial charge on any atom is -0.480 e. The van der Waals surface area contributed by atoms with E-state index in [0.29, 0.717) is 0 Å². The van der Waals surface area contributed by atoms with E-state index in [1.165, 1.54) is 33.0 Å². The zero-order valence-electron chi connectivity index (χ0n) is 12.6. The Labute approximate surface area is 129 Å². The van der Waals surface area contributed by atoms with Crippen LogP contribution in [-0.2, 0) is 24.8 Å². The van der Waals surface area contributed by atoms with Crippen LogP contribution < -0.4 is 4.72 Å². The minimum absolute atomic E-state index is 0.0390. The lowest BCUT2D eigenvalue weighted by molar-refractivity contribution is -0.140. The Morgan fingerprint density at radius 1 is 1.27 bits per heavy atom. The highest BCUT2D eigenvalue weighted by Crippen LogP contribution is 2.22. The fourth-order valence-electron chi connectivity index (χ4n) is 1.72. The number of rotatable bonds is 6. The summed E-state index contributed by atoms with van der Waals surface area (Å²) in [5.41, 5.74) is 0.242. The van der Waals surface area contributed by atoms with E-state index in [9.17, 15) is 21.6 Å². The Balaban J connectivity index is 3.35. The third kappa shape index (κ3) is 3.46. The maximum atomic E-state index is 12.4. The zero-order chi connectivity index (χ0) is 17.3. The molecule has 1 aromatic rings. The second-order valence-electron chi connectivity index (χ2n) is 4.67. The molecule has 1 rings (SSSR count). The van der Waals surface area contributed by atoms with Crippen molar-refractivity contribution in [3.8, 4) is 0 Å². The predicted molar refractivity (Wildman–Crippen MR) is 79.5 cm³/mol. The molecule has 1 unspecified atom stereocenters. The van der Waals surface area contributed by atoms with Crippen molar-refractivity contribution in [2.75, 3.05) is 14.1 Å². The van der Waals surface area contributed by atoms with Gasteiger partial charge in [-0.1, -0.05) is 0 Å². The molecule has 124 valence electrons. The normalized spacial score (nSPS) is 14.0. The minimum atomic E-state index is -4.04. The lowest BCUT2D eigenvalue weighted by Gasteiger charge is -2.21. The summed E-state index contributed by atoms with van der Waals surface area (Å²) < 4.78 is 51.1. The van der Waals surface area contributed by atoms with Crippen molar-refractivity contribution in [2.45, 2.75) is 29.7 Å². The third-order valence-corrected chi connectivity index (χ3v) is 6.78. The average molecular weight is 350 g/mol. The summed E-state index contributed by atoms with van der Waals surface area (Å²) in [4.78, 5) is 10.7. The summed E-state index contributed by atoms with van der Waals surface area (Å²) in [7, 11) is -5.32. The summed E-state index contributed by atoms with van der Waals surface area (Å²) in [6, 6.07) is 2.27. The van der Waals surface area contributed by atoms with Crippen molar-refractivity contribution in [3.05, 3.63) is 23.8 Å². The van der Waals surface area contributed by atoms with E-state index in [-0.39, 0.29) is 15.4 Å². The number of sulfonamides is 2. The fourth-order valence-corrected chi connectivity index (χ4v) is 4.08. The van der Waals surface area contributed by atoms with Gasteiger partial charge >= 0.3 is 5.97 Å². The van der Waals surface area contributed by atoms with Crippen LogP contribution in [0.3, 0.4) is 0 Å². The van der Waals surface area contributed by atoms with Crippen LogP contribution in [0.25, 0.3) is 0 Å². The first-order chi connectivity index (χ1) is 9.95. The molecule has 0 aliphatic carbocycles. The molecule has 10 heteroatoms. The number of nitrogens with zero attached hydrogens (tertiary/aromatic N) is 1. The number of carbonyl (C=O) groups is 1. The van der Waals surface area contributed by atoms with Crippen LogP contribution in [0.15, 0.2) is 28.0 Å². The van der Waals surface area contributed by atoms with Crippen LogP contribution in [-0.4, -0.2) is 52.4 Å². The van der Waals surface area contributed by atoms with Gasteiger partial charge < -0.3 is 5.11 Å². The van der Waals surface area contributed by atoms with Crippen LogP contribution in [0.1, 0.15) is 12.5 Å². The number of aryl methyl sites for hydroxylation is 1. The van der Waals surface area contributed by atoms with Gasteiger partial charge in [0.15, 0.2) is 0 Å². The SMILES string of the molecule is CNS(=O)(=O)c1ccc(S(=O)(=O)N(C)C(C)C(=O)O)cc1C. The lowest BCUT2D eigenvalue weighted by atomic mass is 10.2. The molecule has 0 saturated heterocycles. The Kier molecular flexibility index (Phi) is 5.34. The van der Waals surface area contributed by atoms with Gasteiger partial charge in [-0.15, -0.1) is 0 Å². The first-order valence-corrected chi connectivity index (χ1v) is 9.12. The van der Waals surface area contributed by atoms with E-state index < -0.39 is 32.1 Å². The molecule has 22 heavy (non-hydrogen) atoms. The molecule has 0 bridgehead atoms. The Morgan fingerprint density at radius 2 is 1.82 bits per heavy atom. The summed E-state index contributed by atoms with van der Waals surface area (Å²) in [6.45, 7) is 2.70. The topological polar surface area (TPSA) is 121 Å². The van der Waals surface area contributed by atoms with Crippen molar-refractivity contribution in [1.29, 1.82) is 0 Å². The molecule has 2 N–H and O–H groups in total. The van der Waals surface area contributed by atoms with Gasteiger partial charge in [0, 0.05) is 7.05 Å². The highest BCUT2D eigenvalue weighted by Gasteiger charge is 2.30. The number of hydrogen-bond acceptors (Lipinski definition) is 5. The fraction of sp³-hybridized carbons (Fsp3) is 0.417.